The molecule has 0 spiro atoms. The predicted octanol–water partition coefficient (Wildman–Crippen LogP) is 1.18. The molecule has 2 rings (SSSR count). The molecule has 0 heterocycles. The van der Waals surface area contributed by atoms with Gasteiger partial charge in [-0.1, -0.05) is 12.1 Å². The molecule has 0 aliphatic carbocycles. The van der Waals surface area contributed by atoms with Gasteiger partial charge in [0.15, 0.2) is 0 Å². The van der Waals surface area contributed by atoms with Crippen molar-refractivity contribution in [2.75, 3.05) is 0 Å². The van der Waals surface area contributed by atoms with Gasteiger partial charge in [0.25, 0.3) is 10.1 Å². The molecule has 0 saturated heterocycles. The van der Waals surface area contributed by atoms with E-state index in [4.69, 9.17) is 4.55 Å². The molecule has 0 bridgehead atoms. The summed E-state index contributed by atoms with van der Waals surface area (Å²) >= 11 is 0. The number of phenolic OH excluding ortho intramolecular Hbond substituents is 2. The van der Waals surface area contributed by atoms with Gasteiger partial charge in [-0.3, -0.25) is 4.55 Å². The van der Waals surface area contributed by atoms with E-state index in [9.17, 15) is 27.0 Å². The monoisotopic (exact) mass is 330 g/mol. The van der Waals surface area contributed by atoms with Gasteiger partial charge in [0.1, 0.15) is 21.3 Å². The number of hydrogen-bond acceptors (Lipinski definition) is 6. The fourth-order valence-electron chi connectivity index (χ4n) is 1.68. The molecule has 2 aromatic rings. The highest BCUT2D eigenvalue weighted by molar-refractivity contribution is 7.91. The molecular weight excluding hydrogens is 320 g/mol. The topological polar surface area (TPSA) is 129 Å². The Morgan fingerprint density at radius 3 is 1.90 bits per heavy atom. The van der Waals surface area contributed by atoms with Gasteiger partial charge in [0.05, 0.1) is 4.90 Å². The smallest absolute Gasteiger partial charge is 0.298 e. The molecular formula is C12H10O7S2. The quantitative estimate of drug-likeness (QED) is 0.720. The zero-order valence-corrected chi connectivity index (χ0v) is 12.0. The third-order valence-corrected chi connectivity index (χ3v) is 5.36. The van der Waals surface area contributed by atoms with Crippen LogP contribution in [0.15, 0.2) is 57.2 Å². The first-order valence-electron chi connectivity index (χ1n) is 5.47. The SMILES string of the molecule is O=S(=O)(O)c1cc(S(=O)(=O)c2ccccc2O)ccc1O. The Hall–Kier alpha value is -2.10. The minimum atomic E-state index is -4.79. The lowest BCUT2D eigenvalue weighted by Crippen LogP contribution is -2.05. The maximum atomic E-state index is 12.3. The van der Waals surface area contributed by atoms with Crippen LogP contribution in [0.1, 0.15) is 0 Å². The standard InChI is InChI=1S/C12H10O7S2/c13-9-3-1-2-4-11(9)20(15,16)8-5-6-10(14)12(7-8)21(17,18)19/h1-7,13-14H,(H,17,18,19). The summed E-state index contributed by atoms with van der Waals surface area (Å²) in [5.74, 6) is -1.28. The zero-order chi connectivity index (χ0) is 15.8. The van der Waals surface area contributed by atoms with Gasteiger partial charge in [0, 0.05) is 0 Å². The average Bonchev–Trinajstić information content (AvgIpc) is 2.37. The highest BCUT2D eigenvalue weighted by Gasteiger charge is 2.25. The summed E-state index contributed by atoms with van der Waals surface area (Å²) in [6, 6.07) is 7.53. The number of hydrogen-bond donors (Lipinski definition) is 3. The van der Waals surface area contributed by atoms with Gasteiger partial charge in [-0.15, -0.1) is 0 Å². The first kappa shape index (κ1) is 15.3. The number of benzene rings is 2. The molecule has 0 saturated carbocycles. The lowest BCUT2D eigenvalue weighted by molar-refractivity contribution is 0.442. The zero-order valence-electron chi connectivity index (χ0n) is 10.3. The van der Waals surface area contributed by atoms with Crippen molar-refractivity contribution in [1.29, 1.82) is 0 Å². The Bertz CT molecular complexity index is 899. The van der Waals surface area contributed by atoms with Crippen LogP contribution in [-0.4, -0.2) is 31.6 Å². The summed E-state index contributed by atoms with van der Waals surface area (Å²) in [5, 5.41) is 19.0. The van der Waals surface area contributed by atoms with E-state index >= 15 is 0 Å². The molecule has 0 fully saturated rings. The number of aromatic hydroxyl groups is 2. The fraction of sp³-hybridized carbons (Fsp3) is 0. The summed E-state index contributed by atoms with van der Waals surface area (Å²) in [5.41, 5.74) is 0. The molecule has 0 radical (unpaired) electrons. The van der Waals surface area contributed by atoms with Gasteiger partial charge >= 0.3 is 0 Å². The number of phenols is 2. The summed E-state index contributed by atoms with van der Waals surface area (Å²) in [6.07, 6.45) is 0. The molecule has 112 valence electrons. The molecule has 0 aromatic heterocycles. The molecule has 9 heteroatoms. The minimum absolute atomic E-state index is 0.419. The van der Waals surface area contributed by atoms with E-state index in [-0.39, 0.29) is 0 Å². The second-order valence-electron chi connectivity index (χ2n) is 4.08. The van der Waals surface area contributed by atoms with E-state index in [1.54, 1.807) is 0 Å². The van der Waals surface area contributed by atoms with Crippen LogP contribution in [0.5, 0.6) is 11.5 Å². The van der Waals surface area contributed by atoms with Crippen LogP contribution in [0.25, 0.3) is 0 Å². The number of sulfone groups is 1. The normalized spacial score (nSPS) is 12.2. The van der Waals surface area contributed by atoms with Crippen LogP contribution >= 0.6 is 0 Å². The minimum Gasteiger partial charge on any atom is -0.507 e. The van der Waals surface area contributed by atoms with E-state index in [2.05, 4.69) is 0 Å². The first-order valence-corrected chi connectivity index (χ1v) is 8.40. The largest absolute Gasteiger partial charge is 0.507 e. The predicted molar refractivity (Wildman–Crippen MR) is 71.5 cm³/mol. The van der Waals surface area contributed by atoms with Crippen molar-refractivity contribution in [3.63, 3.8) is 0 Å². The summed E-state index contributed by atoms with van der Waals surface area (Å²) < 4.78 is 55.8. The van der Waals surface area contributed by atoms with Crippen LogP contribution in [0.4, 0.5) is 0 Å². The second kappa shape index (κ2) is 5.02. The Kier molecular flexibility index (Phi) is 3.66. The Morgan fingerprint density at radius 1 is 0.762 bits per heavy atom. The van der Waals surface area contributed by atoms with Gasteiger partial charge in [-0.2, -0.15) is 8.42 Å². The van der Waals surface area contributed by atoms with Crippen LogP contribution < -0.4 is 0 Å². The van der Waals surface area contributed by atoms with Crippen molar-refractivity contribution < 1.29 is 31.6 Å². The van der Waals surface area contributed by atoms with Gasteiger partial charge in [-0.05, 0) is 30.3 Å². The highest BCUT2D eigenvalue weighted by Crippen LogP contribution is 2.32. The van der Waals surface area contributed by atoms with Crippen LogP contribution in [0.3, 0.4) is 0 Å². The van der Waals surface area contributed by atoms with Crippen molar-refractivity contribution >= 4 is 20.0 Å². The van der Waals surface area contributed by atoms with Crippen molar-refractivity contribution in [2.45, 2.75) is 14.7 Å². The van der Waals surface area contributed by atoms with E-state index in [0.717, 1.165) is 24.3 Å². The van der Waals surface area contributed by atoms with Crippen molar-refractivity contribution in [3.8, 4) is 11.5 Å². The van der Waals surface area contributed by atoms with E-state index in [0.29, 0.717) is 6.07 Å². The number of rotatable bonds is 3. The van der Waals surface area contributed by atoms with Crippen LogP contribution in [0, 0.1) is 0 Å². The van der Waals surface area contributed by atoms with Crippen molar-refractivity contribution in [2.24, 2.45) is 0 Å². The molecule has 2 aromatic carbocycles. The highest BCUT2D eigenvalue weighted by atomic mass is 32.2. The van der Waals surface area contributed by atoms with Crippen LogP contribution in [0.2, 0.25) is 0 Å². The molecule has 3 N–H and O–H groups in total. The van der Waals surface area contributed by atoms with Gasteiger partial charge < -0.3 is 10.2 Å². The lowest BCUT2D eigenvalue weighted by Gasteiger charge is -2.08. The molecule has 0 atom stereocenters. The van der Waals surface area contributed by atoms with Crippen molar-refractivity contribution in [1.82, 2.24) is 0 Å². The molecule has 7 nitrogen and oxygen atoms in total. The van der Waals surface area contributed by atoms with E-state index in [1.165, 1.54) is 12.1 Å². The van der Waals surface area contributed by atoms with E-state index in [1.807, 2.05) is 0 Å². The Balaban J connectivity index is 2.71. The van der Waals surface area contributed by atoms with Gasteiger partial charge in [0.2, 0.25) is 9.84 Å². The third-order valence-electron chi connectivity index (χ3n) is 2.67. The molecule has 0 aliphatic heterocycles. The second-order valence-corrected chi connectivity index (χ2v) is 7.38. The molecule has 0 unspecified atom stereocenters. The molecule has 21 heavy (non-hydrogen) atoms. The summed E-state index contributed by atoms with van der Waals surface area (Å²) in [7, 11) is -8.99. The Morgan fingerprint density at radius 2 is 1.33 bits per heavy atom. The third kappa shape index (κ3) is 2.84. The maximum absolute atomic E-state index is 12.3. The van der Waals surface area contributed by atoms with E-state index < -0.39 is 46.1 Å². The Labute approximate surface area is 120 Å². The fourth-order valence-corrected chi connectivity index (χ4v) is 3.74. The van der Waals surface area contributed by atoms with Crippen LogP contribution in [-0.2, 0) is 20.0 Å². The lowest BCUT2D eigenvalue weighted by atomic mass is 10.3. The average molecular weight is 330 g/mol. The maximum Gasteiger partial charge on any atom is 0.298 e. The number of para-hydroxylation sites is 1. The van der Waals surface area contributed by atoms with Crippen molar-refractivity contribution in [3.05, 3.63) is 42.5 Å². The first-order chi connectivity index (χ1) is 9.64. The molecule has 0 aliphatic rings. The molecule has 0 amide bonds. The summed E-state index contributed by atoms with van der Waals surface area (Å²) in [6.45, 7) is 0. The van der Waals surface area contributed by atoms with Gasteiger partial charge in [-0.25, -0.2) is 8.42 Å². The summed E-state index contributed by atoms with van der Waals surface area (Å²) in [4.78, 5) is -1.84.